The van der Waals surface area contributed by atoms with E-state index in [1.165, 1.54) is 0 Å². The maximum Gasteiger partial charge on any atom is 0.408 e. The van der Waals surface area contributed by atoms with Gasteiger partial charge >= 0.3 is 12.1 Å². The van der Waals surface area contributed by atoms with E-state index < -0.39 is 30.1 Å². The fourth-order valence-corrected chi connectivity index (χ4v) is 4.04. The molecule has 0 bridgehead atoms. The summed E-state index contributed by atoms with van der Waals surface area (Å²) in [7, 11) is 0. The molecule has 4 rings (SSSR count). The summed E-state index contributed by atoms with van der Waals surface area (Å²) in [5, 5.41) is 17.1. The Balaban J connectivity index is 1.45. The van der Waals surface area contributed by atoms with E-state index >= 15 is 0 Å². The number of amides is 2. The quantitative estimate of drug-likeness (QED) is 0.300. The summed E-state index contributed by atoms with van der Waals surface area (Å²) in [4.78, 5) is 37.8. The van der Waals surface area contributed by atoms with E-state index in [0.29, 0.717) is 0 Å². The van der Waals surface area contributed by atoms with Crippen molar-refractivity contribution in [3.8, 4) is 0 Å². The number of alkyl carbamates (subject to hydrolysis) is 1. The summed E-state index contributed by atoms with van der Waals surface area (Å²) in [6, 6.07) is 29.6. The number of carbonyl (C=O) groups is 3. The fourth-order valence-electron chi connectivity index (χ4n) is 4.04. The van der Waals surface area contributed by atoms with Crippen molar-refractivity contribution in [3.05, 3.63) is 120 Å². The molecule has 0 saturated heterocycles. The zero-order valence-electron chi connectivity index (χ0n) is 20.2. The number of hydrogen-bond acceptors (Lipinski definition) is 4. The van der Waals surface area contributed by atoms with Gasteiger partial charge in [-0.3, -0.25) is 4.79 Å². The minimum Gasteiger partial charge on any atom is -0.480 e. The first-order valence-electron chi connectivity index (χ1n) is 12.0. The SMILES string of the molecule is O=C(N[C@@H](Cc1ccccc1)C(=O)N[C@H](Cc1ccc2ccccc2c1)C(=O)O)OCc1ccccc1. The smallest absolute Gasteiger partial charge is 0.408 e. The Kier molecular flexibility index (Phi) is 8.49. The number of nitrogens with one attached hydrogen (secondary N) is 2. The third-order valence-electron chi connectivity index (χ3n) is 5.97. The van der Waals surface area contributed by atoms with Gasteiger partial charge in [-0.1, -0.05) is 103 Å². The van der Waals surface area contributed by atoms with Crippen LogP contribution >= 0.6 is 0 Å². The number of carbonyl (C=O) groups excluding carboxylic acids is 2. The van der Waals surface area contributed by atoms with Gasteiger partial charge in [-0.2, -0.15) is 0 Å². The monoisotopic (exact) mass is 496 g/mol. The van der Waals surface area contributed by atoms with Gasteiger partial charge in [0.25, 0.3) is 0 Å². The van der Waals surface area contributed by atoms with Crippen LogP contribution in [0.4, 0.5) is 4.79 Å². The van der Waals surface area contributed by atoms with Gasteiger partial charge in [-0.25, -0.2) is 9.59 Å². The largest absolute Gasteiger partial charge is 0.480 e. The summed E-state index contributed by atoms with van der Waals surface area (Å²) >= 11 is 0. The van der Waals surface area contributed by atoms with Crippen LogP contribution in [0.2, 0.25) is 0 Å². The van der Waals surface area contributed by atoms with E-state index in [-0.39, 0.29) is 19.4 Å². The number of rotatable bonds is 10. The molecule has 2 atom stereocenters. The molecule has 2 amide bonds. The molecule has 7 heteroatoms. The Bertz CT molecular complexity index is 1360. The van der Waals surface area contributed by atoms with Crippen molar-refractivity contribution in [2.75, 3.05) is 0 Å². The second-order valence-electron chi connectivity index (χ2n) is 8.73. The molecule has 0 spiro atoms. The number of fused-ring (bicyclic) bond motifs is 1. The summed E-state index contributed by atoms with van der Waals surface area (Å²) in [6.45, 7) is 0.0477. The van der Waals surface area contributed by atoms with Gasteiger partial charge in [0.1, 0.15) is 18.7 Å². The lowest BCUT2D eigenvalue weighted by Crippen LogP contribution is -2.53. The molecule has 0 radical (unpaired) electrons. The van der Waals surface area contributed by atoms with Crippen molar-refractivity contribution in [2.24, 2.45) is 0 Å². The molecule has 0 saturated carbocycles. The Morgan fingerprint density at radius 1 is 0.649 bits per heavy atom. The highest BCUT2D eigenvalue weighted by molar-refractivity contribution is 5.90. The van der Waals surface area contributed by atoms with Crippen LogP contribution in [-0.4, -0.2) is 35.2 Å². The van der Waals surface area contributed by atoms with Crippen molar-refractivity contribution < 1.29 is 24.2 Å². The molecular formula is C30H28N2O5. The van der Waals surface area contributed by atoms with Crippen LogP contribution in [0.3, 0.4) is 0 Å². The maximum atomic E-state index is 13.2. The van der Waals surface area contributed by atoms with E-state index in [1.807, 2.05) is 103 Å². The number of benzene rings is 4. The molecule has 0 fully saturated rings. The minimum atomic E-state index is -1.17. The van der Waals surface area contributed by atoms with E-state index in [2.05, 4.69) is 10.6 Å². The highest BCUT2D eigenvalue weighted by Crippen LogP contribution is 2.17. The summed E-state index contributed by atoms with van der Waals surface area (Å²) < 4.78 is 5.29. The second-order valence-corrected chi connectivity index (χ2v) is 8.73. The number of carboxylic acids is 1. The van der Waals surface area contributed by atoms with Gasteiger partial charge in [0.05, 0.1) is 0 Å². The molecule has 0 aliphatic rings. The van der Waals surface area contributed by atoms with Crippen LogP contribution in [0.5, 0.6) is 0 Å². The topological polar surface area (TPSA) is 105 Å². The first kappa shape index (κ1) is 25.4. The lowest BCUT2D eigenvalue weighted by atomic mass is 10.0. The number of ether oxygens (including phenoxy) is 1. The standard InChI is InChI=1S/C30H28N2O5/c33-28(31-27(29(34)35)19-23-15-16-24-13-7-8-14-25(24)17-23)26(18-21-9-3-1-4-10-21)32-30(36)37-20-22-11-5-2-6-12-22/h1-17,26-27H,18-20H2,(H,31,33)(H,32,36)(H,34,35)/t26-,27+/m0/s1. The lowest BCUT2D eigenvalue weighted by Gasteiger charge is -2.22. The molecule has 0 aromatic heterocycles. The normalized spacial score (nSPS) is 12.3. The highest BCUT2D eigenvalue weighted by Gasteiger charge is 2.27. The van der Waals surface area contributed by atoms with Crippen molar-refractivity contribution in [3.63, 3.8) is 0 Å². The van der Waals surface area contributed by atoms with Crippen molar-refractivity contribution in [2.45, 2.75) is 31.5 Å². The zero-order chi connectivity index (χ0) is 26.0. The minimum absolute atomic E-state index is 0.0477. The fraction of sp³-hybridized carbons (Fsp3) is 0.167. The molecule has 0 heterocycles. The molecule has 188 valence electrons. The molecule has 0 aliphatic heterocycles. The molecule has 3 N–H and O–H groups in total. The Labute approximate surface area is 215 Å². The zero-order valence-corrected chi connectivity index (χ0v) is 20.2. The van der Waals surface area contributed by atoms with Crippen LogP contribution in [0.15, 0.2) is 103 Å². The Morgan fingerprint density at radius 3 is 1.92 bits per heavy atom. The lowest BCUT2D eigenvalue weighted by molar-refractivity contribution is -0.142. The van der Waals surface area contributed by atoms with Gasteiger partial charge in [-0.05, 0) is 27.5 Å². The summed E-state index contributed by atoms with van der Waals surface area (Å²) in [5.74, 6) is -1.76. The number of aliphatic carboxylic acids is 1. The Hall–Kier alpha value is -4.65. The van der Waals surface area contributed by atoms with Crippen molar-refractivity contribution in [1.82, 2.24) is 10.6 Å². The van der Waals surface area contributed by atoms with E-state index in [1.54, 1.807) is 0 Å². The van der Waals surface area contributed by atoms with Crippen molar-refractivity contribution >= 4 is 28.7 Å². The summed E-state index contributed by atoms with van der Waals surface area (Å²) in [6.07, 6.45) is -0.487. The predicted octanol–water partition coefficient (Wildman–Crippen LogP) is 4.49. The Morgan fingerprint density at radius 2 is 1.24 bits per heavy atom. The third-order valence-corrected chi connectivity index (χ3v) is 5.97. The first-order chi connectivity index (χ1) is 18.0. The summed E-state index contributed by atoms with van der Waals surface area (Å²) in [5.41, 5.74) is 2.40. The third kappa shape index (κ3) is 7.41. The predicted molar refractivity (Wildman–Crippen MR) is 141 cm³/mol. The van der Waals surface area contributed by atoms with Crippen LogP contribution in [-0.2, 0) is 33.8 Å². The first-order valence-corrected chi connectivity index (χ1v) is 12.0. The average molecular weight is 497 g/mol. The highest BCUT2D eigenvalue weighted by atomic mass is 16.5. The van der Waals surface area contributed by atoms with Gasteiger partial charge in [0.15, 0.2) is 0 Å². The number of hydrogen-bond donors (Lipinski definition) is 3. The molecular weight excluding hydrogens is 468 g/mol. The molecule has 4 aromatic carbocycles. The van der Waals surface area contributed by atoms with E-state index in [9.17, 15) is 19.5 Å². The van der Waals surface area contributed by atoms with Gasteiger partial charge in [0, 0.05) is 12.8 Å². The molecule has 37 heavy (non-hydrogen) atoms. The van der Waals surface area contributed by atoms with Gasteiger partial charge in [-0.15, -0.1) is 0 Å². The molecule has 4 aromatic rings. The molecule has 7 nitrogen and oxygen atoms in total. The second kappa shape index (κ2) is 12.4. The van der Waals surface area contributed by atoms with Gasteiger partial charge < -0.3 is 20.5 Å². The van der Waals surface area contributed by atoms with Crippen LogP contribution < -0.4 is 10.6 Å². The molecule has 0 aliphatic carbocycles. The van der Waals surface area contributed by atoms with Crippen molar-refractivity contribution in [1.29, 1.82) is 0 Å². The number of carboxylic acid groups (broad SMARTS) is 1. The van der Waals surface area contributed by atoms with Crippen LogP contribution in [0.1, 0.15) is 16.7 Å². The van der Waals surface area contributed by atoms with E-state index in [4.69, 9.17) is 4.74 Å². The molecule has 0 unspecified atom stereocenters. The maximum absolute atomic E-state index is 13.2. The van der Waals surface area contributed by atoms with E-state index in [0.717, 1.165) is 27.5 Å². The van der Waals surface area contributed by atoms with Crippen LogP contribution in [0, 0.1) is 0 Å². The van der Waals surface area contributed by atoms with Crippen LogP contribution in [0.25, 0.3) is 10.8 Å². The average Bonchev–Trinajstić information content (AvgIpc) is 2.92. The van der Waals surface area contributed by atoms with Gasteiger partial charge in [0.2, 0.25) is 5.91 Å².